The summed E-state index contributed by atoms with van der Waals surface area (Å²) in [6.45, 7) is 2.03. The third-order valence-electron chi connectivity index (χ3n) is 4.02. The molecule has 0 spiro atoms. The van der Waals surface area contributed by atoms with E-state index < -0.39 is 0 Å². The highest BCUT2D eigenvalue weighted by Crippen LogP contribution is 2.32. The number of carbonyl (C=O) groups is 1. The molecule has 1 aliphatic rings. The van der Waals surface area contributed by atoms with Gasteiger partial charge in [-0.2, -0.15) is 0 Å². The molecule has 116 valence electrons. The van der Waals surface area contributed by atoms with E-state index in [2.05, 4.69) is 26.3 Å². The first-order chi connectivity index (χ1) is 11.3. The maximum absolute atomic E-state index is 12.2. The average molecular weight is 324 g/mol. The minimum absolute atomic E-state index is 0.0452. The summed E-state index contributed by atoms with van der Waals surface area (Å²) in [5.41, 5.74) is 2.09. The van der Waals surface area contributed by atoms with Crippen LogP contribution in [0.4, 0.5) is 5.13 Å². The smallest absolute Gasteiger partial charge is 0.226 e. The molecule has 0 saturated carbocycles. The number of pyridine rings is 1. The first-order valence-electron chi connectivity index (χ1n) is 7.57. The second kappa shape index (κ2) is 5.96. The van der Waals surface area contributed by atoms with Crippen LogP contribution >= 0.6 is 11.3 Å². The topological polar surface area (TPSA) is 58.1 Å². The lowest BCUT2D eigenvalue weighted by Crippen LogP contribution is -2.53. The second-order valence-corrected chi connectivity index (χ2v) is 6.65. The van der Waals surface area contributed by atoms with Crippen LogP contribution in [0.25, 0.3) is 10.2 Å². The Labute approximate surface area is 138 Å². The van der Waals surface area contributed by atoms with Gasteiger partial charge in [-0.3, -0.25) is 9.78 Å². The van der Waals surface area contributed by atoms with E-state index in [1.54, 1.807) is 23.7 Å². The summed E-state index contributed by atoms with van der Waals surface area (Å²) in [5, 5.41) is 3.99. The van der Waals surface area contributed by atoms with Gasteiger partial charge in [-0.15, -0.1) is 0 Å². The summed E-state index contributed by atoms with van der Waals surface area (Å²) in [7, 11) is 0. The largest absolute Gasteiger partial charge is 0.352 e. The summed E-state index contributed by atoms with van der Waals surface area (Å²) < 4.78 is 1.19. The van der Waals surface area contributed by atoms with Crippen LogP contribution in [-0.2, 0) is 11.3 Å². The Morgan fingerprint density at radius 3 is 2.78 bits per heavy atom. The molecule has 0 aliphatic carbocycles. The Morgan fingerprint density at radius 1 is 1.22 bits per heavy atom. The summed E-state index contributed by atoms with van der Waals surface area (Å²) in [6, 6.07) is 11.9. The lowest BCUT2D eigenvalue weighted by Gasteiger charge is -2.37. The zero-order valence-corrected chi connectivity index (χ0v) is 13.3. The Balaban J connectivity index is 1.33. The highest BCUT2D eigenvalue weighted by Gasteiger charge is 2.34. The Hall–Kier alpha value is -2.47. The van der Waals surface area contributed by atoms with Crippen LogP contribution in [0.5, 0.6) is 0 Å². The van der Waals surface area contributed by atoms with E-state index >= 15 is 0 Å². The van der Waals surface area contributed by atoms with E-state index in [0.29, 0.717) is 6.54 Å². The van der Waals surface area contributed by atoms with Crippen LogP contribution in [0.3, 0.4) is 0 Å². The molecule has 1 aromatic carbocycles. The first kappa shape index (κ1) is 14.1. The molecule has 1 aliphatic heterocycles. The van der Waals surface area contributed by atoms with Crippen LogP contribution in [0.2, 0.25) is 0 Å². The number of fused-ring (bicyclic) bond motifs is 1. The highest BCUT2D eigenvalue weighted by molar-refractivity contribution is 7.22. The number of nitrogens with one attached hydrogen (secondary N) is 1. The molecule has 1 N–H and O–H groups in total. The van der Waals surface area contributed by atoms with E-state index in [4.69, 9.17) is 0 Å². The van der Waals surface area contributed by atoms with Gasteiger partial charge >= 0.3 is 0 Å². The van der Waals surface area contributed by atoms with Crippen molar-refractivity contribution in [3.05, 3.63) is 54.4 Å². The van der Waals surface area contributed by atoms with Crippen molar-refractivity contribution in [3.63, 3.8) is 0 Å². The Bertz CT molecular complexity index is 794. The van der Waals surface area contributed by atoms with Gasteiger partial charge in [0.05, 0.1) is 16.1 Å². The van der Waals surface area contributed by atoms with Crippen LogP contribution in [0.15, 0.2) is 48.8 Å². The zero-order chi connectivity index (χ0) is 15.6. The predicted molar refractivity (Wildman–Crippen MR) is 91.4 cm³/mol. The number of thiazole rings is 1. The lowest BCUT2D eigenvalue weighted by atomic mass is 10.00. The Kier molecular flexibility index (Phi) is 3.67. The molecule has 0 atom stereocenters. The fraction of sp³-hybridized carbons (Fsp3) is 0.235. The van der Waals surface area contributed by atoms with Crippen molar-refractivity contribution >= 4 is 32.6 Å². The number of para-hydroxylation sites is 1. The van der Waals surface area contributed by atoms with Gasteiger partial charge in [-0.25, -0.2) is 4.98 Å². The SMILES string of the molecule is O=C(NCc1ccncc1)C1CN(c2nc3ccccc3s2)C1. The molecule has 5 nitrogen and oxygen atoms in total. The van der Waals surface area contributed by atoms with Crippen LogP contribution in [-0.4, -0.2) is 29.0 Å². The molecule has 0 unspecified atom stereocenters. The molecule has 0 bridgehead atoms. The van der Waals surface area contributed by atoms with E-state index in [9.17, 15) is 4.79 Å². The van der Waals surface area contributed by atoms with Crippen molar-refractivity contribution in [1.29, 1.82) is 0 Å². The third kappa shape index (κ3) is 2.90. The molecule has 0 radical (unpaired) electrons. The van der Waals surface area contributed by atoms with Gasteiger partial charge in [0.1, 0.15) is 0 Å². The molecular weight excluding hydrogens is 308 g/mol. The van der Waals surface area contributed by atoms with E-state index in [1.165, 1.54) is 4.70 Å². The third-order valence-corrected chi connectivity index (χ3v) is 5.12. The molecule has 1 fully saturated rings. The molecule has 2 aromatic heterocycles. The minimum Gasteiger partial charge on any atom is -0.352 e. The molecule has 3 aromatic rings. The van der Waals surface area contributed by atoms with Crippen molar-refractivity contribution in [1.82, 2.24) is 15.3 Å². The van der Waals surface area contributed by atoms with Crippen molar-refractivity contribution in [3.8, 4) is 0 Å². The summed E-state index contributed by atoms with van der Waals surface area (Å²) in [4.78, 5) is 22.9. The monoisotopic (exact) mass is 324 g/mol. The summed E-state index contributed by atoms with van der Waals surface area (Å²) >= 11 is 1.68. The molecule has 1 amide bonds. The van der Waals surface area contributed by atoms with Gasteiger partial charge in [0.15, 0.2) is 5.13 Å². The van der Waals surface area contributed by atoms with Gasteiger partial charge in [0, 0.05) is 32.0 Å². The number of carbonyl (C=O) groups excluding carboxylic acids is 1. The number of hydrogen-bond donors (Lipinski definition) is 1. The Morgan fingerprint density at radius 2 is 2.00 bits per heavy atom. The molecule has 3 heterocycles. The number of rotatable bonds is 4. The number of amides is 1. The second-order valence-electron chi connectivity index (χ2n) is 5.64. The van der Waals surface area contributed by atoms with E-state index in [1.807, 2.05) is 30.3 Å². The molecule has 6 heteroatoms. The van der Waals surface area contributed by atoms with Crippen LogP contribution in [0.1, 0.15) is 5.56 Å². The maximum Gasteiger partial charge on any atom is 0.226 e. The number of nitrogens with zero attached hydrogens (tertiary/aromatic N) is 3. The number of hydrogen-bond acceptors (Lipinski definition) is 5. The number of aromatic nitrogens is 2. The molecule has 4 rings (SSSR count). The van der Waals surface area contributed by atoms with Crippen molar-refractivity contribution in [2.45, 2.75) is 6.54 Å². The van der Waals surface area contributed by atoms with E-state index in [0.717, 1.165) is 29.3 Å². The summed E-state index contributed by atoms with van der Waals surface area (Å²) in [5.74, 6) is 0.156. The van der Waals surface area contributed by atoms with Crippen molar-refractivity contribution < 1.29 is 4.79 Å². The summed E-state index contributed by atoms with van der Waals surface area (Å²) in [6.07, 6.45) is 3.47. The first-order valence-corrected chi connectivity index (χ1v) is 8.38. The van der Waals surface area contributed by atoms with Gasteiger partial charge < -0.3 is 10.2 Å². The number of benzene rings is 1. The fourth-order valence-electron chi connectivity index (χ4n) is 2.63. The zero-order valence-electron chi connectivity index (χ0n) is 12.5. The van der Waals surface area contributed by atoms with Gasteiger partial charge in [0.25, 0.3) is 0 Å². The van der Waals surface area contributed by atoms with Gasteiger partial charge in [-0.05, 0) is 29.8 Å². The van der Waals surface area contributed by atoms with Gasteiger partial charge in [0.2, 0.25) is 5.91 Å². The fourth-order valence-corrected chi connectivity index (χ4v) is 3.61. The predicted octanol–water partition coefficient (Wildman–Crippen LogP) is 2.44. The quantitative estimate of drug-likeness (QED) is 0.801. The average Bonchev–Trinajstić information content (AvgIpc) is 2.96. The lowest BCUT2D eigenvalue weighted by molar-refractivity contribution is -0.125. The molecular formula is C17H16N4OS. The van der Waals surface area contributed by atoms with Crippen molar-refractivity contribution in [2.24, 2.45) is 5.92 Å². The van der Waals surface area contributed by atoms with Crippen LogP contribution < -0.4 is 10.2 Å². The number of anilines is 1. The highest BCUT2D eigenvalue weighted by atomic mass is 32.1. The van der Waals surface area contributed by atoms with E-state index in [-0.39, 0.29) is 11.8 Å². The van der Waals surface area contributed by atoms with Crippen LogP contribution in [0, 0.1) is 5.92 Å². The normalized spacial score (nSPS) is 14.7. The van der Waals surface area contributed by atoms with Crippen molar-refractivity contribution in [2.75, 3.05) is 18.0 Å². The molecule has 1 saturated heterocycles. The maximum atomic E-state index is 12.2. The standard InChI is InChI=1S/C17H16N4OS/c22-16(19-9-12-5-7-18-8-6-12)13-10-21(11-13)17-20-14-3-1-2-4-15(14)23-17/h1-8,13H,9-11H2,(H,19,22). The molecule has 23 heavy (non-hydrogen) atoms. The van der Waals surface area contributed by atoms with Gasteiger partial charge in [-0.1, -0.05) is 23.5 Å². The minimum atomic E-state index is 0.0452.